The van der Waals surface area contributed by atoms with E-state index in [0.29, 0.717) is 4.90 Å². The van der Waals surface area contributed by atoms with Gasteiger partial charge in [-0.05, 0) is 24.3 Å². The number of carbonyl (C=O) groups excluding carboxylic acids is 2. The fourth-order valence-electron chi connectivity index (χ4n) is 1.89. The van der Waals surface area contributed by atoms with E-state index in [4.69, 9.17) is 27.9 Å². The number of hydrogen-bond donors (Lipinski definition) is 1. The van der Waals surface area contributed by atoms with Crippen molar-refractivity contribution in [2.24, 2.45) is 0 Å². The summed E-state index contributed by atoms with van der Waals surface area (Å²) < 4.78 is 16.6. The van der Waals surface area contributed by atoms with Gasteiger partial charge < -0.3 is 10.1 Å². The van der Waals surface area contributed by atoms with Crippen LogP contribution in [0, 0.1) is 0 Å². The van der Waals surface area contributed by atoms with Crippen LogP contribution in [0.4, 0.5) is 5.69 Å². The maximum absolute atomic E-state index is 12.1. The predicted octanol–water partition coefficient (Wildman–Crippen LogP) is 3.53. The Morgan fingerprint density at radius 1 is 1.08 bits per heavy atom. The second-order valence-corrected chi connectivity index (χ2v) is 6.83. The van der Waals surface area contributed by atoms with Gasteiger partial charge in [-0.1, -0.05) is 41.4 Å². The van der Waals surface area contributed by atoms with Crippen LogP contribution in [0.1, 0.15) is 10.4 Å². The molecule has 1 atom stereocenters. The van der Waals surface area contributed by atoms with Gasteiger partial charge in [-0.3, -0.25) is 9.00 Å². The summed E-state index contributed by atoms with van der Waals surface area (Å²) in [6.07, 6.45) is 1.46. The van der Waals surface area contributed by atoms with Crippen molar-refractivity contribution in [3.05, 3.63) is 58.1 Å². The summed E-state index contributed by atoms with van der Waals surface area (Å²) >= 11 is 11.9. The van der Waals surface area contributed by atoms with Crippen molar-refractivity contribution < 1.29 is 18.5 Å². The van der Waals surface area contributed by atoms with E-state index in [1.807, 2.05) is 0 Å². The van der Waals surface area contributed by atoms with Gasteiger partial charge in [0.15, 0.2) is 6.61 Å². The van der Waals surface area contributed by atoms with Crippen molar-refractivity contribution in [1.29, 1.82) is 0 Å². The van der Waals surface area contributed by atoms with E-state index in [2.05, 4.69) is 5.32 Å². The number of ether oxygens (including phenoxy) is 1. The summed E-state index contributed by atoms with van der Waals surface area (Å²) in [5.74, 6) is -1.32. The van der Waals surface area contributed by atoms with E-state index in [-0.39, 0.29) is 21.3 Å². The lowest BCUT2D eigenvalue weighted by Crippen LogP contribution is -2.21. The van der Waals surface area contributed by atoms with Crippen LogP contribution in [-0.4, -0.2) is 28.9 Å². The first-order valence-electron chi connectivity index (χ1n) is 6.73. The molecule has 0 saturated heterocycles. The minimum Gasteiger partial charge on any atom is -0.452 e. The highest BCUT2D eigenvalue weighted by molar-refractivity contribution is 7.84. The molecule has 0 unspecified atom stereocenters. The minimum absolute atomic E-state index is 0.155. The zero-order valence-corrected chi connectivity index (χ0v) is 14.9. The Labute approximate surface area is 151 Å². The lowest BCUT2D eigenvalue weighted by atomic mass is 10.2. The van der Waals surface area contributed by atoms with E-state index in [1.54, 1.807) is 36.4 Å². The highest BCUT2D eigenvalue weighted by atomic mass is 35.5. The summed E-state index contributed by atoms with van der Waals surface area (Å²) in [6, 6.07) is 11.1. The summed E-state index contributed by atoms with van der Waals surface area (Å²) in [5, 5.41) is 3.03. The van der Waals surface area contributed by atoms with Crippen molar-refractivity contribution in [1.82, 2.24) is 0 Å². The number of rotatable bonds is 5. The first-order valence-corrected chi connectivity index (χ1v) is 9.05. The second kappa shape index (κ2) is 8.28. The molecule has 24 heavy (non-hydrogen) atoms. The largest absolute Gasteiger partial charge is 0.452 e. The molecule has 0 spiro atoms. The van der Waals surface area contributed by atoms with Crippen molar-refractivity contribution >= 4 is 51.6 Å². The van der Waals surface area contributed by atoms with Gasteiger partial charge in [0.2, 0.25) is 0 Å². The third kappa shape index (κ3) is 4.56. The molecule has 0 fully saturated rings. The van der Waals surface area contributed by atoms with E-state index in [0.717, 1.165) is 0 Å². The summed E-state index contributed by atoms with van der Waals surface area (Å²) in [6.45, 7) is -0.523. The van der Waals surface area contributed by atoms with Crippen LogP contribution in [0.2, 0.25) is 10.0 Å². The summed E-state index contributed by atoms with van der Waals surface area (Å²) in [7, 11) is -1.35. The normalized spacial score (nSPS) is 11.6. The van der Waals surface area contributed by atoms with Gasteiger partial charge in [-0.15, -0.1) is 0 Å². The Morgan fingerprint density at radius 3 is 2.33 bits per heavy atom. The van der Waals surface area contributed by atoms with E-state index in [1.165, 1.54) is 12.3 Å². The number of carbonyl (C=O) groups is 2. The second-order valence-electron chi connectivity index (χ2n) is 4.67. The Balaban J connectivity index is 2.02. The van der Waals surface area contributed by atoms with Crippen LogP contribution in [0.3, 0.4) is 0 Å². The number of amides is 1. The topological polar surface area (TPSA) is 72.5 Å². The zero-order valence-electron chi connectivity index (χ0n) is 12.5. The Bertz CT molecular complexity index is 790. The predicted molar refractivity (Wildman–Crippen MR) is 94.1 cm³/mol. The molecule has 8 heteroatoms. The van der Waals surface area contributed by atoms with Crippen molar-refractivity contribution in [2.75, 3.05) is 18.2 Å². The van der Waals surface area contributed by atoms with Gasteiger partial charge in [0, 0.05) is 6.26 Å². The maximum Gasteiger partial charge on any atom is 0.339 e. The summed E-state index contributed by atoms with van der Waals surface area (Å²) in [5.41, 5.74) is 0.402. The van der Waals surface area contributed by atoms with Gasteiger partial charge in [0.1, 0.15) is 0 Å². The number of halogens is 2. The highest BCUT2D eigenvalue weighted by Gasteiger charge is 2.17. The lowest BCUT2D eigenvalue weighted by Gasteiger charge is -2.10. The molecular formula is C16H13Cl2NO4S. The molecule has 126 valence electrons. The van der Waals surface area contributed by atoms with Gasteiger partial charge in [0.25, 0.3) is 5.91 Å². The van der Waals surface area contributed by atoms with Crippen LogP contribution in [0.25, 0.3) is 0 Å². The number of anilines is 1. The van der Waals surface area contributed by atoms with Gasteiger partial charge in [-0.25, -0.2) is 4.79 Å². The molecule has 0 aliphatic rings. The Kier molecular flexibility index (Phi) is 6.36. The molecule has 0 aliphatic carbocycles. The number of nitrogens with one attached hydrogen (secondary N) is 1. The maximum atomic E-state index is 12.1. The molecule has 1 N–H and O–H groups in total. The molecule has 0 aliphatic heterocycles. The monoisotopic (exact) mass is 385 g/mol. The first kappa shape index (κ1) is 18.4. The molecule has 0 heterocycles. The minimum atomic E-state index is -1.35. The molecule has 0 saturated carbocycles. The fourth-order valence-corrected chi connectivity index (χ4v) is 3.11. The van der Waals surface area contributed by atoms with E-state index in [9.17, 15) is 13.8 Å². The number of para-hydroxylation sites is 1. The van der Waals surface area contributed by atoms with Gasteiger partial charge in [0.05, 0.1) is 37.0 Å². The standard InChI is InChI=1S/C16H13Cl2NO4S/c1-24(22)13-8-3-2-5-10(13)16(21)23-9-14(20)19-15-11(17)6-4-7-12(15)18/h2-8H,9H2,1H3,(H,19,20)/t24-/m1/s1. The van der Waals surface area contributed by atoms with Crippen LogP contribution in [0.15, 0.2) is 47.4 Å². The number of benzene rings is 2. The molecule has 0 bridgehead atoms. The average Bonchev–Trinajstić information content (AvgIpc) is 2.56. The third-order valence-corrected chi connectivity index (χ3v) is 4.58. The van der Waals surface area contributed by atoms with Gasteiger partial charge >= 0.3 is 5.97 Å². The number of esters is 1. The van der Waals surface area contributed by atoms with Gasteiger partial charge in [-0.2, -0.15) is 0 Å². The molecule has 2 rings (SSSR count). The molecule has 5 nitrogen and oxygen atoms in total. The molecule has 1 amide bonds. The average molecular weight is 386 g/mol. The first-order chi connectivity index (χ1) is 11.4. The van der Waals surface area contributed by atoms with Crippen LogP contribution in [-0.2, 0) is 20.3 Å². The van der Waals surface area contributed by atoms with Crippen molar-refractivity contribution in [3.63, 3.8) is 0 Å². The molecule has 0 aromatic heterocycles. The quantitative estimate of drug-likeness (QED) is 0.798. The van der Waals surface area contributed by atoms with E-state index >= 15 is 0 Å². The number of hydrogen-bond acceptors (Lipinski definition) is 4. The molecular weight excluding hydrogens is 373 g/mol. The Hall–Kier alpha value is -1.89. The van der Waals surface area contributed by atoms with Crippen LogP contribution < -0.4 is 5.32 Å². The SMILES string of the molecule is C[S@@](=O)c1ccccc1C(=O)OCC(=O)Nc1c(Cl)cccc1Cl. The van der Waals surface area contributed by atoms with E-state index < -0.39 is 29.3 Å². The molecule has 0 radical (unpaired) electrons. The molecule has 2 aromatic carbocycles. The fraction of sp³-hybridized carbons (Fsp3) is 0.125. The smallest absolute Gasteiger partial charge is 0.339 e. The highest BCUT2D eigenvalue weighted by Crippen LogP contribution is 2.29. The van der Waals surface area contributed by atoms with Crippen LogP contribution >= 0.6 is 23.2 Å². The van der Waals surface area contributed by atoms with Crippen molar-refractivity contribution in [2.45, 2.75) is 4.90 Å². The van der Waals surface area contributed by atoms with Crippen molar-refractivity contribution in [3.8, 4) is 0 Å². The Morgan fingerprint density at radius 2 is 1.71 bits per heavy atom. The zero-order chi connectivity index (χ0) is 17.7. The third-order valence-electron chi connectivity index (χ3n) is 2.98. The summed E-state index contributed by atoms with van der Waals surface area (Å²) in [4.78, 5) is 24.3. The van der Waals surface area contributed by atoms with Crippen LogP contribution in [0.5, 0.6) is 0 Å². The molecule has 2 aromatic rings. The lowest BCUT2D eigenvalue weighted by molar-refractivity contribution is -0.119.